The fourth-order valence-electron chi connectivity index (χ4n) is 5.49. The number of ether oxygens (including phenoxy) is 2. The van der Waals surface area contributed by atoms with Crippen LogP contribution in [0, 0.1) is 5.82 Å². The number of carboxylic acid groups (broad SMARTS) is 1. The predicted octanol–water partition coefficient (Wildman–Crippen LogP) is 5.23. The van der Waals surface area contributed by atoms with E-state index in [9.17, 15) is 22.7 Å². The number of halogens is 5. The van der Waals surface area contributed by atoms with E-state index >= 15 is 0 Å². The first-order valence-electron chi connectivity index (χ1n) is 14.7. The molecule has 7 heterocycles. The van der Waals surface area contributed by atoms with Gasteiger partial charge in [0.25, 0.3) is 0 Å². The van der Waals surface area contributed by atoms with E-state index in [2.05, 4.69) is 19.9 Å². The minimum Gasteiger partial charge on any atom is -0.489 e. The molecular weight excluding hydrogens is 648 g/mol. The Morgan fingerprint density at radius 2 is 1.79 bits per heavy atom. The molecule has 47 heavy (non-hydrogen) atoms. The van der Waals surface area contributed by atoms with Crippen molar-refractivity contribution in [3.63, 3.8) is 0 Å². The number of aromatic nitrogens is 4. The third kappa shape index (κ3) is 8.03. The minimum absolute atomic E-state index is 0.0559. The van der Waals surface area contributed by atoms with Gasteiger partial charge in [0.15, 0.2) is 5.82 Å². The highest BCUT2D eigenvalue weighted by atomic mass is 35.5. The molecule has 7 rings (SSSR count). The van der Waals surface area contributed by atoms with Gasteiger partial charge in [-0.2, -0.15) is 18.3 Å². The summed E-state index contributed by atoms with van der Waals surface area (Å²) in [6.45, 7) is 8.11. The molecule has 3 aliphatic rings. The molecule has 0 amide bonds. The molecule has 0 spiro atoms. The second kappa shape index (κ2) is 13.5. The largest absolute Gasteiger partial charge is 0.490 e. The van der Waals surface area contributed by atoms with Crippen LogP contribution in [-0.4, -0.2) is 90.8 Å². The highest BCUT2D eigenvalue weighted by Crippen LogP contribution is 2.37. The lowest BCUT2D eigenvalue weighted by Crippen LogP contribution is -2.68. The number of aliphatic carboxylic acids is 1. The molecule has 2 unspecified atom stereocenters. The Bertz CT molecular complexity index is 1720. The summed E-state index contributed by atoms with van der Waals surface area (Å²) < 4.78 is 58.8. The zero-order chi connectivity index (χ0) is 34.1. The van der Waals surface area contributed by atoms with Crippen LogP contribution < -0.4 is 14.4 Å². The van der Waals surface area contributed by atoms with Gasteiger partial charge in [-0.05, 0) is 57.0 Å². The van der Waals surface area contributed by atoms with E-state index in [1.165, 1.54) is 6.07 Å². The molecule has 4 aromatic rings. The summed E-state index contributed by atoms with van der Waals surface area (Å²) in [5, 5.41) is 22.1. The van der Waals surface area contributed by atoms with Crippen LogP contribution in [0.4, 0.5) is 23.4 Å². The number of anilines is 1. The Labute approximate surface area is 272 Å². The van der Waals surface area contributed by atoms with Crippen LogP contribution in [0.1, 0.15) is 32.8 Å². The van der Waals surface area contributed by atoms with E-state index in [0.717, 1.165) is 47.5 Å². The van der Waals surface area contributed by atoms with Gasteiger partial charge in [-0.15, -0.1) is 0 Å². The minimum atomic E-state index is -5.08. The highest BCUT2D eigenvalue weighted by molar-refractivity contribution is 6.34. The molecule has 16 heteroatoms. The van der Waals surface area contributed by atoms with Crippen LogP contribution in [0.15, 0.2) is 49.1 Å². The lowest BCUT2D eigenvalue weighted by molar-refractivity contribution is -0.192. The van der Waals surface area contributed by atoms with Crippen molar-refractivity contribution >= 4 is 28.9 Å². The van der Waals surface area contributed by atoms with E-state index in [1.807, 2.05) is 31.3 Å². The summed E-state index contributed by atoms with van der Waals surface area (Å²) in [5.74, 6) is -1.63. The molecule has 11 nitrogen and oxygen atoms in total. The summed E-state index contributed by atoms with van der Waals surface area (Å²) in [5.41, 5.74) is 2.39. The van der Waals surface area contributed by atoms with Gasteiger partial charge in [0.2, 0.25) is 5.88 Å². The molecule has 0 saturated carbocycles. The number of alkyl halides is 3. The maximum absolute atomic E-state index is 14.3. The molecule has 4 aromatic heterocycles. The standard InChI is InChI=1S/C29H32ClFN6O3.C2HF3O2/c1-4-39-28-25(31)7-18(10-33-28)13-36-20-8-21(36)15-35(14-20)26-6-5-19(11-32-26)23-9-22(40-17-29(2,3)38)16-37-27(23)24(30)12-34-37;3-2(4,5)1(6)7/h5-7,9-12,16,20-21,38H,4,8,13-15,17H2,1-3H3;(H,6,7). The van der Waals surface area contributed by atoms with Gasteiger partial charge in [-0.1, -0.05) is 11.6 Å². The topological polar surface area (TPSA) is 126 Å². The smallest absolute Gasteiger partial charge is 0.489 e. The number of hydrogen-bond acceptors (Lipinski definition) is 9. The van der Waals surface area contributed by atoms with Crippen LogP contribution in [0.25, 0.3) is 16.6 Å². The van der Waals surface area contributed by atoms with Crippen molar-refractivity contribution < 1.29 is 42.0 Å². The Morgan fingerprint density at radius 3 is 2.36 bits per heavy atom. The third-order valence-electron chi connectivity index (χ3n) is 7.61. The predicted molar refractivity (Wildman–Crippen MR) is 164 cm³/mol. The number of pyridine rings is 3. The van der Waals surface area contributed by atoms with E-state index in [4.69, 9.17) is 36.0 Å². The molecule has 3 saturated heterocycles. The van der Waals surface area contributed by atoms with Crippen LogP contribution in [0.3, 0.4) is 0 Å². The maximum Gasteiger partial charge on any atom is 0.490 e. The average Bonchev–Trinajstić information content (AvgIpc) is 3.39. The molecule has 0 aliphatic carbocycles. The molecule has 3 aliphatic heterocycles. The van der Waals surface area contributed by atoms with Crippen LogP contribution >= 0.6 is 11.6 Å². The van der Waals surface area contributed by atoms with Crippen molar-refractivity contribution in [1.29, 1.82) is 0 Å². The zero-order valence-corrected chi connectivity index (χ0v) is 26.5. The Balaban J connectivity index is 0.000000559. The van der Waals surface area contributed by atoms with Gasteiger partial charge in [-0.25, -0.2) is 23.7 Å². The number of aliphatic hydroxyl groups is 1. The molecule has 252 valence electrons. The number of nitrogens with zero attached hydrogens (tertiary/aromatic N) is 6. The number of carboxylic acids is 1. The summed E-state index contributed by atoms with van der Waals surface area (Å²) in [7, 11) is 0. The van der Waals surface area contributed by atoms with E-state index < -0.39 is 23.6 Å². The number of carbonyl (C=O) groups is 1. The van der Waals surface area contributed by atoms with E-state index in [-0.39, 0.29) is 12.5 Å². The molecule has 2 N–H and O–H groups in total. The fraction of sp³-hybridized carbons (Fsp3) is 0.419. The van der Waals surface area contributed by atoms with Crippen molar-refractivity contribution in [3.05, 3.63) is 65.5 Å². The van der Waals surface area contributed by atoms with Gasteiger partial charge in [-0.3, -0.25) is 4.90 Å². The van der Waals surface area contributed by atoms with Crippen LogP contribution in [-0.2, 0) is 11.3 Å². The summed E-state index contributed by atoms with van der Waals surface area (Å²) in [6.07, 6.45) is 2.94. The second-order valence-corrected chi connectivity index (χ2v) is 12.3. The monoisotopic (exact) mass is 680 g/mol. The average molecular weight is 681 g/mol. The number of fused-ring (bicyclic) bond motifs is 3. The molecule has 0 radical (unpaired) electrons. The normalized spacial score (nSPS) is 17.9. The molecular formula is C31H33ClF4N6O5. The van der Waals surface area contributed by atoms with Crippen molar-refractivity contribution in [2.75, 3.05) is 31.2 Å². The van der Waals surface area contributed by atoms with Gasteiger partial charge in [0, 0.05) is 55.2 Å². The first-order chi connectivity index (χ1) is 22.1. The molecule has 2 bridgehead atoms. The first kappa shape index (κ1) is 34.1. The highest BCUT2D eigenvalue weighted by Gasteiger charge is 2.44. The van der Waals surface area contributed by atoms with Crippen molar-refractivity contribution in [2.45, 2.75) is 57.6 Å². The quantitative estimate of drug-likeness (QED) is 0.227. The van der Waals surface area contributed by atoms with E-state index in [1.54, 1.807) is 37.0 Å². The van der Waals surface area contributed by atoms with Gasteiger partial charge >= 0.3 is 12.1 Å². The zero-order valence-electron chi connectivity index (χ0n) is 25.7. The number of rotatable bonds is 9. The van der Waals surface area contributed by atoms with Crippen LogP contribution in [0.2, 0.25) is 5.02 Å². The van der Waals surface area contributed by atoms with E-state index in [0.29, 0.717) is 36.0 Å². The SMILES string of the molecule is CCOc1ncc(CN2C3CC2CN(c2ccc(-c4cc(OCC(C)(C)O)cn5ncc(Cl)c45)cn2)C3)cc1F.O=C(O)C(F)(F)F. The number of hydrogen-bond donors (Lipinski definition) is 2. The van der Waals surface area contributed by atoms with Crippen molar-refractivity contribution in [1.82, 2.24) is 24.5 Å². The van der Waals surface area contributed by atoms with Crippen LogP contribution in [0.5, 0.6) is 11.6 Å². The first-order valence-corrected chi connectivity index (χ1v) is 15.1. The number of piperazine rings is 1. The summed E-state index contributed by atoms with van der Waals surface area (Å²) >= 11 is 6.48. The Kier molecular flexibility index (Phi) is 9.80. The molecule has 3 fully saturated rings. The lowest BCUT2D eigenvalue weighted by Gasteiger charge is -2.56. The molecule has 2 atom stereocenters. The second-order valence-electron chi connectivity index (χ2n) is 11.9. The molecule has 0 aromatic carbocycles. The van der Waals surface area contributed by atoms with Crippen molar-refractivity contribution in [3.8, 4) is 22.8 Å². The maximum atomic E-state index is 14.3. The summed E-state index contributed by atoms with van der Waals surface area (Å²) in [4.78, 5) is 22.6. The third-order valence-corrected chi connectivity index (χ3v) is 7.89. The van der Waals surface area contributed by atoms with Gasteiger partial charge in [0.1, 0.15) is 18.2 Å². The van der Waals surface area contributed by atoms with Gasteiger partial charge in [0.05, 0.1) is 35.1 Å². The van der Waals surface area contributed by atoms with Crippen molar-refractivity contribution in [2.24, 2.45) is 0 Å². The Morgan fingerprint density at radius 1 is 1.09 bits per heavy atom. The lowest BCUT2D eigenvalue weighted by atomic mass is 9.87. The fourth-order valence-corrected chi connectivity index (χ4v) is 5.72. The number of piperidine rings is 1. The Hall–Kier alpha value is -4.21. The summed E-state index contributed by atoms with van der Waals surface area (Å²) in [6, 6.07) is 8.25. The van der Waals surface area contributed by atoms with Gasteiger partial charge < -0.3 is 24.6 Å².